The van der Waals surface area contributed by atoms with Crippen LogP contribution in [0.5, 0.6) is 0 Å². The third kappa shape index (κ3) is 3.04. The van der Waals surface area contributed by atoms with Crippen LogP contribution in [0, 0.1) is 12.8 Å². The van der Waals surface area contributed by atoms with Crippen LogP contribution in [0.4, 0.5) is 0 Å². The molecule has 0 spiro atoms. The van der Waals surface area contributed by atoms with Gasteiger partial charge in [0.1, 0.15) is 6.04 Å². The van der Waals surface area contributed by atoms with Gasteiger partial charge in [-0.2, -0.15) is 0 Å². The van der Waals surface area contributed by atoms with Crippen molar-refractivity contribution in [2.75, 3.05) is 6.54 Å². The Morgan fingerprint density at radius 3 is 2.38 bits per heavy atom. The molecule has 0 radical (unpaired) electrons. The number of benzene rings is 2. The molecular weight excluding hydrogens is 302 g/mol. The lowest BCUT2D eigenvalue weighted by atomic mass is 9.99. The fourth-order valence-corrected chi connectivity index (χ4v) is 3.36. The fourth-order valence-electron chi connectivity index (χ4n) is 3.36. The maximum atomic E-state index is 12.7. The molecule has 1 N–H and O–H groups in total. The van der Waals surface area contributed by atoms with Crippen molar-refractivity contribution in [3.63, 3.8) is 0 Å². The Bertz CT molecular complexity index is 767. The van der Waals surface area contributed by atoms with Crippen molar-refractivity contribution >= 4 is 11.9 Å². The van der Waals surface area contributed by atoms with E-state index in [1.807, 2.05) is 31.2 Å². The first-order chi connectivity index (χ1) is 11.5. The highest BCUT2D eigenvalue weighted by Gasteiger charge is 2.38. The number of likely N-dealkylation sites (tertiary alicyclic amines) is 1. The third-order valence-electron chi connectivity index (χ3n) is 4.64. The number of hydrogen-bond donors (Lipinski definition) is 1. The minimum atomic E-state index is -0.927. The molecule has 24 heavy (non-hydrogen) atoms. The van der Waals surface area contributed by atoms with Crippen LogP contribution >= 0.6 is 0 Å². The molecule has 1 heterocycles. The number of nitrogens with zero attached hydrogens (tertiary/aromatic N) is 1. The number of carboxylic acid groups (broad SMARTS) is 1. The van der Waals surface area contributed by atoms with E-state index >= 15 is 0 Å². The minimum absolute atomic E-state index is 0.205. The molecule has 0 aliphatic carbocycles. The first-order valence-electron chi connectivity index (χ1n) is 8.17. The molecule has 0 unspecified atom stereocenters. The SMILES string of the molecule is Cc1ccccc1-c1ccc(C(=O)N2C[C@H](C)C[C@H]2C(=O)O)cc1. The average Bonchev–Trinajstić information content (AvgIpc) is 2.97. The van der Waals surface area contributed by atoms with Gasteiger partial charge in [0.05, 0.1) is 0 Å². The van der Waals surface area contributed by atoms with Gasteiger partial charge in [-0.15, -0.1) is 0 Å². The highest BCUT2D eigenvalue weighted by atomic mass is 16.4. The van der Waals surface area contributed by atoms with Crippen LogP contribution < -0.4 is 0 Å². The lowest BCUT2D eigenvalue weighted by Crippen LogP contribution is -2.40. The molecule has 1 aliphatic rings. The zero-order chi connectivity index (χ0) is 17.3. The summed E-state index contributed by atoms with van der Waals surface area (Å²) in [7, 11) is 0. The monoisotopic (exact) mass is 323 g/mol. The summed E-state index contributed by atoms with van der Waals surface area (Å²) in [4.78, 5) is 25.5. The van der Waals surface area contributed by atoms with Crippen LogP contribution in [0.2, 0.25) is 0 Å². The van der Waals surface area contributed by atoms with E-state index in [1.165, 1.54) is 10.5 Å². The molecule has 2 atom stereocenters. The van der Waals surface area contributed by atoms with E-state index < -0.39 is 12.0 Å². The standard InChI is InChI=1S/C20H21NO3/c1-13-11-18(20(23)24)21(12-13)19(22)16-9-7-15(8-10-16)17-6-4-3-5-14(17)2/h3-10,13,18H,11-12H2,1-2H3,(H,23,24)/t13-,18+/m1/s1. The minimum Gasteiger partial charge on any atom is -0.480 e. The predicted molar refractivity (Wildman–Crippen MR) is 92.9 cm³/mol. The molecule has 4 heteroatoms. The molecule has 1 fully saturated rings. The van der Waals surface area contributed by atoms with Crippen molar-refractivity contribution in [3.8, 4) is 11.1 Å². The summed E-state index contributed by atoms with van der Waals surface area (Å²) in [6.07, 6.45) is 0.516. The Morgan fingerprint density at radius 2 is 1.75 bits per heavy atom. The Labute approximate surface area is 141 Å². The second kappa shape index (κ2) is 6.48. The molecule has 2 aromatic rings. The van der Waals surface area contributed by atoms with Crippen molar-refractivity contribution in [2.24, 2.45) is 5.92 Å². The second-order valence-corrected chi connectivity index (χ2v) is 6.54. The number of carbonyl (C=O) groups excluding carboxylic acids is 1. The summed E-state index contributed by atoms with van der Waals surface area (Å²) < 4.78 is 0. The first-order valence-corrected chi connectivity index (χ1v) is 8.17. The van der Waals surface area contributed by atoms with Crippen LogP contribution in [0.25, 0.3) is 11.1 Å². The number of hydrogen-bond acceptors (Lipinski definition) is 2. The van der Waals surface area contributed by atoms with Crippen LogP contribution in [0.1, 0.15) is 29.3 Å². The van der Waals surface area contributed by atoms with E-state index in [4.69, 9.17) is 0 Å². The number of aryl methyl sites for hydroxylation is 1. The zero-order valence-corrected chi connectivity index (χ0v) is 13.9. The van der Waals surface area contributed by atoms with Crippen molar-refractivity contribution in [3.05, 3.63) is 59.7 Å². The normalized spacial score (nSPS) is 20.2. The molecule has 1 amide bonds. The molecule has 2 aromatic carbocycles. The summed E-state index contributed by atoms with van der Waals surface area (Å²) in [5, 5.41) is 9.33. The van der Waals surface area contributed by atoms with Crippen LogP contribution in [-0.2, 0) is 4.79 Å². The van der Waals surface area contributed by atoms with Crippen LogP contribution in [0.3, 0.4) is 0 Å². The van der Waals surface area contributed by atoms with Crippen molar-refractivity contribution < 1.29 is 14.7 Å². The summed E-state index contributed by atoms with van der Waals surface area (Å²) in [6.45, 7) is 4.53. The predicted octanol–water partition coefficient (Wildman–Crippen LogP) is 3.60. The highest BCUT2D eigenvalue weighted by Crippen LogP contribution is 2.27. The number of carbonyl (C=O) groups is 2. The van der Waals surface area contributed by atoms with E-state index in [2.05, 4.69) is 19.1 Å². The number of amides is 1. The third-order valence-corrected chi connectivity index (χ3v) is 4.64. The molecule has 0 saturated carbocycles. The second-order valence-electron chi connectivity index (χ2n) is 6.54. The maximum absolute atomic E-state index is 12.7. The van der Waals surface area contributed by atoms with E-state index in [0.717, 1.165) is 11.1 Å². The van der Waals surface area contributed by atoms with Gasteiger partial charge in [-0.25, -0.2) is 4.79 Å². The lowest BCUT2D eigenvalue weighted by molar-refractivity contribution is -0.141. The van der Waals surface area contributed by atoms with Crippen molar-refractivity contribution in [1.82, 2.24) is 4.90 Å². The van der Waals surface area contributed by atoms with Gasteiger partial charge in [-0.3, -0.25) is 4.79 Å². The van der Waals surface area contributed by atoms with Crippen molar-refractivity contribution in [1.29, 1.82) is 0 Å². The Kier molecular flexibility index (Phi) is 4.38. The largest absolute Gasteiger partial charge is 0.480 e. The summed E-state index contributed by atoms with van der Waals surface area (Å²) >= 11 is 0. The van der Waals surface area contributed by atoms with Gasteiger partial charge < -0.3 is 10.0 Å². The number of aliphatic carboxylic acids is 1. The number of carboxylic acids is 1. The average molecular weight is 323 g/mol. The lowest BCUT2D eigenvalue weighted by Gasteiger charge is -2.21. The van der Waals surface area contributed by atoms with E-state index in [0.29, 0.717) is 18.5 Å². The first kappa shape index (κ1) is 16.2. The molecule has 1 aliphatic heterocycles. The molecule has 0 aromatic heterocycles. The molecule has 124 valence electrons. The van der Waals surface area contributed by atoms with Gasteiger partial charge in [0.2, 0.25) is 0 Å². The van der Waals surface area contributed by atoms with Crippen molar-refractivity contribution in [2.45, 2.75) is 26.3 Å². The smallest absolute Gasteiger partial charge is 0.326 e. The summed E-state index contributed by atoms with van der Waals surface area (Å²) in [5.74, 6) is -0.923. The van der Waals surface area contributed by atoms with Gasteiger partial charge in [0.25, 0.3) is 5.91 Å². The zero-order valence-electron chi connectivity index (χ0n) is 13.9. The van der Waals surface area contributed by atoms with Gasteiger partial charge in [-0.1, -0.05) is 43.3 Å². The number of rotatable bonds is 3. The van der Waals surface area contributed by atoms with Gasteiger partial charge >= 0.3 is 5.97 Å². The van der Waals surface area contributed by atoms with Crippen LogP contribution in [0.15, 0.2) is 48.5 Å². The van der Waals surface area contributed by atoms with Crippen LogP contribution in [-0.4, -0.2) is 34.5 Å². The molecule has 1 saturated heterocycles. The van der Waals surface area contributed by atoms with E-state index in [9.17, 15) is 14.7 Å². The molecular formula is C20H21NO3. The topological polar surface area (TPSA) is 57.6 Å². The molecule has 0 bridgehead atoms. The van der Waals surface area contributed by atoms with E-state index in [1.54, 1.807) is 12.1 Å². The highest BCUT2D eigenvalue weighted by molar-refractivity contribution is 5.97. The summed E-state index contributed by atoms with van der Waals surface area (Å²) in [5.41, 5.74) is 3.90. The Hall–Kier alpha value is -2.62. The van der Waals surface area contributed by atoms with E-state index in [-0.39, 0.29) is 11.8 Å². The molecule has 3 rings (SSSR count). The van der Waals surface area contributed by atoms with Gasteiger partial charge in [-0.05, 0) is 48.1 Å². The Balaban J connectivity index is 1.84. The van der Waals surface area contributed by atoms with Gasteiger partial charge in [0.15, 0.2) is 0 Å². The van der Waals surface area contributed by atoms with Gasteiger partial charge in [0, 0.05) is 12.1 Å². The molecule has 4 nitrogen and oxygen atoms in total. The maximum Gasteiger partial charge on any atom is 0.326 e. The quantitative estimate of drug-likeness (QED) is 0.939. The summed E-state index contributed by atoms with van der Waals surface area (Å²) in [6, 6.07) is 14.8. The fraction of sp³-hybridized carbons (Fsp3) is 0.300. The Morgan fingerprint density at radius 1 is 1.08 bits per heavy atom.